The van der Waals surface area contributed by atoms with Gasteiger partial charge in [0.15, 0.2) is 0 Å². The molecule has 0 aliphatic rings. The van der Waals surface area contributed by atoms with Gasteiger partial charge >= 0.3 is 6.18 Å². The average molecular weight is 354 g/mol. The minimum Gasteiger partial charge on any atom is -0.383 e. The van der Waals surface area contributed by atoms with Crippen LogP contribution in [-0.2, 0) is 6.18 Å². The summed E-state index contributed by atoms with van der Waals surface area (Å²) >= 11 is 0. The van der Waals surface area contributed by atoms with Crippen LogP contribution in [0.1, 0.15) is 16.1 Å². The molecule has 0 atom stereocenters. The predicted octanol–water partition coefficient (Wildman–Crippen LogP) is 2.85. The highest BCUT2D eigenvalue weighted by atomic mass is 19.4. The highest BCUT2D eigenvalue weighted by Gasteiger charge is 2.32. The van der Waals surface area contributed by atoms with Gasteiger partial charge in [-0.15, -0.1) is 0 Å². The van der Waals surface area contributed by atoms with Crippen molar-refractivity contribution in [2.45, 2.75) is 6.18 Å². The zero-order valence-electron chi connectivity index (χ0n) is 12.7. The molecule has 10 heteroatoms. The zero-order chi connectivity index (χ0) is 18.4. The molecule has 0 unspecified atom stereocenters. The Bertz CT molecular complexity index is 746. The van der Waals surface area contributed by atoms with E-state index >= 15 is 0 Å². The maximum atomic E-state index is 12.4. The number of hydrogen-bond acceptors (Lipinski definition) is 5. The Labute approximate surface area is 140 Å². The molecular weight excluding hydrogens is 341 g/mol. The van der Waals surface area contributed by atoms with Crippen molar-refractivity contribution in [1.29, 1.82) is 0 Å². The molecule has 1 aromatic carbocycles. The van der Waals surface area contributed by atoms with Crippen LogP contribution in [0.3, 0.4) is 0 Å². The first-order chi connectivity index (χ1) is 11.8. The molecule has 7 nitrogen and oxygen atoms in total. The number of pyridine rings is 1. The summed E-state index contributed by atoms with van der Waals surface area (Å²) in [5, 5.41) is 16.0. The van der Waals surface area contributed by atoms with Gasteiger partial charge in [-0.25, -0.2) is 0 Å². The number of nitrogens with zero attached hydrogens (tertiary/aromatic N) is 2. The number of benzene rings is 1. The Kier molecular flexibility index (Phi) is 5.52. The number of non-ortho nitro benzene ring substituents is 1. The predicted molar refractivity (Wildman–Crippen MR) is 83.2 cm³/mol. The van der Waals surface area contributed by atoms with Crippen molar-refractivity contribution >= 4 is 17.3 Å². The molecule has 0 spiro atoms. The topological polar surface area (TPSA) is 97.2 Å². The number of carbonyl (C=O) groups is 1. The van der Waals surface area contributed by atoms with E-state index < -0.39 is 22.7 Å². The Balaban J connectivity index is 1.79. The van der Waals surface area contributed by atoms with E-state index in [4.69, 9.17) is 0 Å². The molecule has 0 radical (unpaired) electrons. The number of alkyl halides is 3. The molecule has 0 bridgehead atoms. The zero-order valence-corrected chi connectivity index (χ0v) is 12.7. The van der Waals surface area contributed by atoms with E-state index in [2.05, 4.69) is 15.6 Å². The quantitative estimate of drug-likeness (QED) is 0.472. The third-order valence-corrected chi connectivity index (χ3v) is 3.13. The number of hydrogen-bond donors (Lipinski definition) is 2. The van der Waals surface area contributed by atoms with Gasteiger partial charge in [-0.05, 0) is 24.3 Å². The molecule has 1 amide bonds. The van der Waals surface area contributed by atoms with Crippen molar-refractivity contribution in [3.63, 3.8) is 0 Å². The number of anilines is 1. The first-order valence-corrected chi connectivity index (χ1v) is 7.07. The number of nitrogens with one attached hydrogen (secondary N) is 2. The van der Waals surface area contributed by atoms with Crippen molar-refractivity contribution in [2.24, 2.45) is 0 Å². The first-order valence-electron chi connectivity index (χ1n) is 7.07. The second-order valence-electron chi connectivity index (χ2n) is 4.92. The van der Waals surface area contributed by atoms with Crippen LogP contribution in [0.25, 0.3) is 0 Å². The molecule has 0 aliphatic heterocycles. The van der Waals surface area contributed by atoms with Crippen molar-refractivity contribution in [2.75, 3.05) is 18.4 Å². The monoisotopic (exact) mass is 354 g/mol. The normalized spacial score (nSPS) is 11.0. The molecule has 25 heavy (non-hydrogen) atoms. The smallest absolute Gasteiger partial charge is 0.383 e. The standard InChI is InChI=1S/C15H13F3N4O3/c16-15(17,18)13-6-1-10(9-21-13)14(23)20-8-7-19-11-2-4-12(5-3-11)22(24)25/h1-6,9,19H,7-8H2,(H,20,23). The van der Waals surface area contributed by atoms with Gasteiger partial charge in [0.1, 0.15) is 5.69 Å². The van der Waals surface area contributed by atoms with Gasteiger partial charge in [-0.1, -0.05) is 0 Å². The van der Waals surface area contributed by atoms with Gasteiger partial charge in [0.2, 0.25) is 0 Å². The Hall–Kier alpha value is -3.17. The summed E-state index contributed by atoms with van der Waals surface area (Å²) in [5.74, 6) is -0.549. The third-order valence-electron chi connectivity index (χ3n) is 3.13. The van der Waals surface area contributed by atoms with E-state index in [-0.39, 0.29) is 17.8 Å². The highest BCUT2D eigenvalue weighted by Crippen LogP contribution is 2.27. The second-order valence-corrected chi connectivity index (χ2v) is 4.92. The molecule has 1 heterocycles. The van der Waals surface area contributed by atoms with E-state index in [0.717, 1.165) is 18.3 Å². The highest BCUT2D eigenvalue weighted by molar-refractivity contribution is 5.93. The maximum Gasteiger partial charge on any atom is 0.433 e. The first kappa shape index (κ1) is 18.2. The number of carbonyl (C=O) groups excluding carboxylic acids is 1. The van der Waals surface area contributed by atoms with E-state index in [1.807, 2.05) is 0 Å². The van der Waals surface area contributed by atoms with Crippen LogP contribution in [0.2, 0.25) is 0 Å². The molecule has 1 aromatic heterocycles. The van der Waals surface area contributed by atoms with Gasteiger partial charge in [-0.2, -0.15) is 13.2 Å². The van der Waals surface area contributed by atoms with E-state index in [0.29, 0.717) is 12.2 Å². The van der Waals surface area contributed by atoms with Gasteiger partial charge < -0.3 is 10.6 Å². The number of halogens is 3. The lowest BCUT2D eigenvalue weighted by Crippen LogP contribution is -2.29. The van der Waals surface area contributed by atoms with Crippen LogP contribution in [0, 0.1) is 10.1 Å². The van der Waals surface area contributed by atoms with E-state index in [1.165, 1.54) is 24.3 Å². The fourth-order valence-corrected chi connectivity index (χ4v) is 1.88. The number of amides is 1. The van der Waals surface area contributed by atoms with Crippen LogP contribution in [0.5, 0.6) is 0 Å². The summed E-state index contributed by atoms with van der Waals surface area (Å²) in [7, 11) is 0. The Morgan fingerprint density at radius 2 is 1.80 bits per heavy atom. The largest absolute Gasteiger partial charge is 0.433 e. The van der Waals surface area contributed by atoms with Crippen LogP contribution < -0.4 is 10.6 Å². The minimum atomic E-state index is -4.55. The fourth-order valence-electron chi connectivity index (χ4n) is 1.88. The summed E-state index contributed by atoms with van der Waals surface area (Å²) in [5.41, 5.74) is -0.447. The summed E-state index contributed by atoms with van der Waals surface area (Å²) < 4.78 is 37.2. The molecule has 2 aromatic rings. The van der Waals surface area contributed by atoms with E-state index in [9.17, 15) is 28.1 Å². The Morgan fingerprint density at radius 3 is 2.32 bits per heavy atom. The second kappa shape index (κ2) is 7.60. The minimum absolute atomic E-state index is 0.0170. The van der Waals surface area contributed by atoms with Crippen LogP contribution in [0.4, 0.5) is 24.5 Å². The van der Waals surface area contributed by atoms with Crippen molar-refractivity contribution < 1.29 is 22.9 Å². The van der Waals surface area contributed by atoms with Gasteiger partial charge in [-0.3, -0.25) is 19.9 Å². The number of rotatable bonds is 6. The molecule has 2 N–H and O–H groups in total. The SMILES string of the molecule is O=C(NCCNc1ccc([N+](=O)[O-])cc1)c1ccc(C(F)(F)F)nc1. The molecule has 0 saturated carbocycles. The summed E-state index contributed by atoms with van der Waals surface area (Å²) in [6, 6.07) is 7.53. The summed E-state index contributed by atoms with van der Waals surface area (Å²) in [6.45, 7) is 0.536. The number of aromatic nitrogens is 1. The summed E-state index contributed by atoms with van der Waals surface area (Å²) in [4.78, 5) is 25.0. The van der Waals surface area contributed by atoms with E-state index in [1.54, 1.807) is 0 Å². The molecule has 0 aliphatic carbocycles. The van der Waals surface area contributed by atoms with Crippen LogP contribution in [0.15, 0.2) is 42.6 Å². The number of nitro benzene ring substituents is 1. The lowest BCUT2D eigenvalue weighted by Gasteiger charge is -2.09. The van der Waals surface area contributed by atoms with Crippen molar-refractivity contribution in [3.05, 3.63) is 64.0 Å². The Morgan fingerprint density at radius 1 is 1.12 bits per heavy atom. The summed E-state index contributed by atoms with van der Waals surface area (Å²) in [6.07, 6.45) is -3.69. The molecule has 2 rings (SSSR count). The maximum absolute atomic E-state index is 12.4. The van der Waals surface area contributed by atoms with Gasteiger partial charge in [0.05, 0.1) is 10.5 Å². The van der Waals surface area contributed by atoms with Crippen molar-refractivity contribution in [1.82, 2.24) is 10.3 Å². The number of nitro groups is 1. The molecular formula is C15H13F3N4O3. The fraction of sp³-hybridized carbons (Fsp3) is 0.200. The lowest BCUT2D eigenvalue weighted by atomic mass is 10.2. The average Bonchev–Trinajstić information content (AvgIpc) is 2.58. The van der Waals surface area contributed by atoms with Gasteiger partial charge in [0, 0.05) is 37.1 Å². The van der Waals surface area contributed by atoms with Crippen molar-refractivity contribution in [3.8, 4) is 0 Å². The third kappa shape index (κ3) is 5.16. The molecule has 0 saturated heterocycles. The van der Waals surface area contributed by atoms with Crippen LogP contribution in [-0.4, -0.2) is 28.9 Å². The lowest BCUT2D eigenvalue weighted by molar-refractivity contribution is -0.384. The molecule has 132 valence electrons. The van der Waals surface area contributed by atoms with Crippen LogP contribution >= 0.6 is 0 Å². The molecule has 0 fully saturated rings. The van der Waals surface area contributed by atoms with Gasteiger partial charge in [0.25, 0.3) is 11.6 Å².